The van der Waals surface area contributed by atoms with Crippen LogP contribution in [0.4, 0.5) is 4.79 Å². The Kier molecular flexibility index (Phi) is 8.53. The van der Waals surface area contributed by atoms with E-state index in [-0.39, 0.29) is 26.0 Å². The number of carboxylic acid groups (broad SMARTS) is 2. The second kappa shape index (κ2) is 10.4. The monoisotopic (exact) mass is 367 g/mol. The molecule has 0 bridgehead atoms. The lowest BCUT2D eigenvalue weighted by Gasteiger charge is -2.22. The Morgan fingerprint density at radius 3 is 2.35 bits per heavy atom. The van der Waals surface area contributed by atoms with Crippen molar-refractivity contribution in [1.82, 2.24) is 5.32 Å². The van der Waals surface area contributed by atoms with E-state index in [2.05, 4.69) is 5.32 Å². The second-order valence-corrected chi connectivity index (χ2v) is 6.01. The molecule has 0 saturated carbocycles. The number of benzene rings is 1. The summed E-state index contributed by atoms with van der Waals surface area (Å²) in [4.78, 5) is 34.1. The number of ether oxygens (including phenoxy) is 1. The molecule has 9 heteroatoms. The Balaban J connectivity index is 2.40. The van der Waals surface area contributed by atoms with Gasteiger partial charge in [0.1, 0.15) is 18.2 Å². The molecule has 0 aliphatic rings. The first kappa shape index (κ1) is 21.4. The zero-order valence-corrected chi connectivity index (χ0v) is 14.4. The van der Waals surface area contributed by atoms with Gasteiger partial charge in [0, 0.05) is 6.54 Å². The normalized spacial score (nSPS) is 14.1. The zero-order chi connectivity index (χ0) is 19.6. The fourth-order valence-corrected chi connectivity index (χ4v) is 2.25. The third kappa shape index (κ3) is 7.08. The molecule has 0 saturated heterocycles. The van der Waals surface area contributed by atoms with Crippen LogP contribution in [0.3, 0.4) is 0 Å². The van der Waals surface area contributed by atoms with Crippen LogP contribution >= 0.6 is 0 Å². The number of carbonyl (C=O) groups excluding carboxylic acids is 1. The number of hydrogen-bond donors (Lipinski definition) is 5. The molecule has 0 radical (unpaired) electrons. The molecule has 1 aromatic rings. The topological polar surface area (TPSA) is 165 Å². The lowest BCUT2D eigenvalue weighted by Crippen LogP contribution is -2.53. The van der Waals surface area contributed by atoms with Crippen molar-refractivity contribution in [3.8, 4) is 0 Å². The van der Waals surface area contributed by atoms with Gasteiger partial charge >= 0.3 is 18.0 Å². The first-order chi connectivity index (χ1) is 12.3. The fourth-order valence-electron chi connectivity index (χ4n) is 2.25. The van der Waals surface area contributed by atoms with Gasteiger partial charge in [-0.2, -0.15) is 0 Å². The van der Waals surface area contributed by atoms with Gasteiger partial charge in [0.15, 0.2) is 0 Å². The molecular formula is C17H25N3O6. The molecule has 0 spiro atoms. The van der Waals surface area contributed by atoms with E-state index in [9.17, 15) is 19.5 Å². The smallest absolute Gasteiger partial charge is 0.408 e. The van der Waals surface area contributed by atoms with E-state index in [0.717, 1.165) is 5.56 Å². The molecule has 0 heterocycles. The number of carbonyl (C=O) groups is 3. The lowest BCUT2D eigenvalue weighted by molar-refractivity contribution is -0.143. The van der Waals surface area contributed by atoms with Crippen LogP contribution in [0, 0.1) is 0 Å². The number of amides is 1. The molecule has 0 fully saturated rings. The van der Waals surface area contributed by atoms with Crippen molar-refractivity contribution >= 4 is 18.0 Å². The predicted octanol–water partition coefficient (Wildman–Crippen LogP) is 0.667. The summed E-state index contributed by atoms with van der Waals surface area (Å²) in [5.74, 6) is -2.39. The van der Waals surface area contributed by atoms with Crippen LogP contribution in [-0.4, -0.2) is 46.4 Å². The Morgan fingerprint density at radius 1 is 1.15 bits per heavy atom. The van der Waals surface area contributed by atoms with Gasteiger partial charge in [-0.3, -0.25) is 4.79 Å². The van der Waals surface area contributed by atoms with E-state index < -0.39 is 29.6 Å². The molecule has 1 unspecified atom stereocenters. The van der Waals surface area contributed by atoms with Crippen LogP contribution in [0.15, 0.2) is 30.3 Å². The molecule has 0 aliphatic heterocycles. The third-order valence-corrected chi connectivity index (χ3v) is 3.96. The van der Waals surface area contributed by atoms with Crippen molar-refractivity contribution in [2.24, 2.45) is 11.5 Å². The number of unbranched alkanes of at least 4 members (excludes halogenated alkanes) is 1. The molecule has 2 atom stereocenters. The first-order valence-corrected chi connectivity index (χ1v) is 8.21. The van der Waals surface area contributed by atoms with Crippen LogP contribution in [0.5, 0.6) is 0 Å². The van der Waals surface area contributed by atoms with Crippen molar-refractivity contribution in [2.75, 3.05) is 6.54 Å². The number of nitrogens with one attached hydrogen (secondary N) is 1. The highest BCUT2D eigenvalue weighted by Crippen LogP contribution is 2.13. The summed E-state index contributed by atoms with van der Waals surface area (Å²) in [6.07, 6.45) is 0.133. The van der Waals surface area contributed by atoms with Crippen LogP contribution in [0.25, 0.3) is 0 Å². The summed E-state index contributed by atoms with van der Waals surface area (Å²) in [7, 11) is 0. The second-order valence-electron chi connectivity index (χ2n) is 6.01. The van der Waals surface area contributed by atoms with Crippen molar-refractivity contribution in [3.05, 3.63) is 35.9 Å². The molecule has 26 heavy (non-hydrogen) atoms. The largest absolute Gasteiger partial charge is 0.480 e. The van der Waals surface area contributed by atoms with Crippen molar-refractivity contribution in [2.45, 2.75) is 43.9 Å². The van der Waals surface area contributed by atoms with E-state index in [1.807, 2.05) is 6.07 Å². The fraction of sp³-hybridized carbons (Fsp3) is 0.471. The van der Waals surface area contributed by atoms with Crippen LogP contribution in [0.1, 0.15) is 31.2 Å². The Bertz CT molecular complexity index is 610. The SMILES string of the molecule is NCC(N)(CCCC[C@H](NC(=O)OCc1ccccc1)C(=O)O)C(=O)O. The predicted molar refractivity (Wildman–Crippen MR) is 93.3 cm³/mol. The molecule has 1 rings (SSSR count). The van der Waals surface area contributed by atoms with E-state index in [0.29, 0.717) is 12.8 Å². The summed E-state index contributed by atoms with van der Waals surface area (Å²) in [5.41, 5.74) is 10.3. The van der Waals surface area contributed by atoms with Gasteiger partial charge in [0.2, 0.25) is 0 Å². The van der Waals surface area contributed by atoms with Crippen LogP contribution in [0.2, 0.25) is 0 Å². The van der Waals surface area contributed by atoms with Crippen molar-refractivity contribution < 1.29 is 29.3 Å². The first-order valence-electron chi connectivity index (χ1n) is 8.21. The van der Waals surface area contributed by atoms with Gasteiger partial charge in [-0.15, -0.1) is 0 Å². The maximum absolute atomic E-state index is 11.7. The quantitative estimate of drug-likeness (QED) is 0.356. The summed E-state index contributed by atoms with van der Waals surface area (Å²) in [5, 5.41) is 20.5. The maximum atomic E-state index is 11.7. The summed E-state index contributed by atoms with van der Waals surface area (Å²) in [6.45, 7) is -0.182. The Labute approximate surface area is 151 Å². The van der Waals surface area contributed by atoms with Gasteiger partial charge in [0.05, 0.1) is 0 Å². The van der Waals surface area contributed by atoms with Gasteiger partial charge < -0.3 is 31.7 Å². The molecule has 7 N–H and O–H groups in total. The minimum Gasteiger partial charge on any atom is -0.480 e. The number of rotatable bonds is 11. The molecule has 1 aromatic carbocycles. The highest BCUT2D eigenvalue weighted by molar-refractivity contribution is 5.80. The number of aliphatic carboxylic acids is 2. The molecule has 144 valence electrons. The Hall–Kier alpha value is -2.65. The average Bonchev–Trinajstić information content (AvgIpc) is 2.62. The van der Waals surface area contributed by atoms with Crippen molar-refractivity contribution in [3.63, 3.8) is 0 Å². The van der Waals surface area contributed by atoms with E-state index in [1.165, 1.54) is 0 Å². The van der Waals surface area contributed by atoms with E-state index >= 15 is 0 Å². The minimum atomic E-state index is -1.53. The van der Waals surface area contributed by atoms with Gasteiger partial charge in [0.25, 0.3) is 0 Å². The summed E-state index contributed by atoms with van der Waals surface area (Å²) in [6, 6.07) is 7.85. The van der Waals surface area contributed by atoms with E-state index in [1.54, 1.807) is 24.3 Å². The van der Waals surface area contributed by atoms with E-state index in [4.69, 9.17) is 21.3 Å². The highest BCUT2D eigenvalue weighted by atomic mass is 16.5. The number of alkyl carbamates (subject to hydrolysis) is 1. The molecule has 0 aromatic heterocycles. The van der Waals surface area contributed by atoms with Crippen LogP contribution < -0.4 is 16.8 Å². The van der Waals surface area contributed by atoms with Gasteiger partial charge in [-0.25, -0.2) is 9.59 Å². The third-order valence-electron chi connectivity index (χ3n) is 3.96. The molecule has 9 nitrogen and oxygen atoms in total. The van der Waals surface area contributed by atoms with Crippen LogP contribution in [-0.2, 0) is 20.9 Å². The maximum Gasteiger partial charge on any atom is 0.408 e. The summed E-state index contributed by atoms with van der Waals surface area (Å²) >= 11 is 0. The minimum absolute atomic E-state index is 0.0316. The summed E-state index contributed by atoms with van der Waals surface area (Å²) < 4.78 is 4.99. The number of nitrogens with two attached hydrogens (primary N) is 2. The molecule has 0 aliphatic carbocycles. The van der Waals surface area contributed by atoms with Crippen molar-refractivity contribution in [1.29, 1.82) is 0 Å². The van der Waals surface area contributed by atoms with Gasteiger partial charge in [-0.1, -0.05) is 43.2 Å². The standard InChI is InChI=1S/C17H25N3O6/c18-11-17(19,15(23)24)9-5-4-8-13(14(21)22)20-16(25)26-10-12-6-2-1-3-7-12/h1-3,6-7,13H,4-5,8-11,18-19H2,(H,20,25)(H,21,22)(H,23,24)/t13-,17?/m0/s1. The average molecular weight is 367 g/mol. The highest BCUT2D eigenvalue weighted by Gasteiger charge is 2.31. The lowest BCUT2D eigenvalue weighted by atomic mass is 9.93. The Morgan fingerprint density at radius 2 is 1.81 bits per heavy atom. The zero-order valence-electron chi connectivity index (χ0n) is 14.4. The molecule has 1 amide bonds. The number of carboxylic acids is 2. The number of hydrogen-bond acceptors (Lipinski definition) is 6. The van der Waals surface area contributed by atoms with Gasteiger partial charge in [-0.05, 0) is 18.4 Å². The molecular weight excluding hydrogens is 342 g/mol.